The van der Waals surface area contributed by atoms with Crippen LogP contribution in [0.1, 0.15) is 0 Å². The Kier molecular flexibility index (Phi) is 5.19. The molecule has 0 aliphatic carbocycles. The maximum atomic E-state index is 12.3. The lowest BCUT2D eigenvalue weighted by atomic mass is 10.3. The summed E-state index contributed by atoms with van der Waals surface area (Å²) in [5, 5.41) is 2.64. The summed E-state index contributed by atoms with van der Waals surface area (Å²) in [4.78, 5) is 12.6. The van der Waals surface area contributed by atoms with E-state index in [1.807, 2.05) is 24.3 Å². The zero-order valence-electron chi connectivity index (χ0n) is 10.5. The van der Waals surface area contributed by atoms with E-state index >= 15 is 0 Å². The number of nitrogens with two attached hydrogens (primary N) is 1. The summed E-state index contributed by atoms with van der Waals surface area (Å²) >= 11 is 2.10. The molecule has 0 aromatic heterocycles. The minimum absolute atomic E-state index is 0.0629. The van der Waals surface area contributed by atoms with Crippen LogP contribution in [0.3, 0.4) is 0 Å². The zero-order valence-corrected chi connectivity index (χ0v) is 12.9. The van der Waals surface area contributed by atoms with E-state index in [-0.39, 0.29) is 12.5 Å². The highest BCUT2D eigenvalue weighted by molar-refractivity contribution is 9.10. The molecule has 1 atom stereocenters. The van der Waals surface area contributed by atoms with Crippen LogP contribution in [0.4, 0.5) is 5.69 Å². The first kappa shape index (κ1) is 15.1. The third kappa shape index (κ3) is 3.83. The third-order valence-electron chi connectivity index (χ3n) is 2.57. The van der Waals surface area contributed by atoms with Gasteiger partial charge in [-0.2, -0.15) is 0 Å². The Morgan fingerprint density at radius 2 is 1.60 bits per heavy atom. The average molecular weight is 353 g/mol. The normalized spacial score (nSPS) is 11.9. The Morgan fingerprint density at radius 3 is 2.10 bits per heavy atom. The first-order chi connectivity index (χ1) is 9.60. The second kappa shape index (κ2) is 6.90. The van der Waals surface area contributed by atoms with Crippen molar-refractivity contribution < 1.29 is 9.35 Å². The number of halogens is 1. The summed E-state index contributed by atoms with van der Waals surface area (Å²) in [6, 6.07) is 14.2. The van der Waals surface area contributed by atoms with Gasteiger partial charge in [0.05, 0.1) is 6.54 Å². The number of carbonyl (C=O) groups is 1. The molecule has 0 spiro atoms. The monoisotopic (exact) mass is 352 g/mol. The molecular weight excluding hydrogens is 340 g/mol. The predicted octanol–water partition coefficient (Wildman–Crippen LogP) is 2.51. The van der Waals surface area contributed by atoms with Crippen molar-refractivity contribution in [3.8, 4) is 0 Å². The highest BCUT2D eigenvalue weighted by atomic mass is 79.9. The Balaban J connectivity index is 2.13. The second-order valence-electron chi connectivity index (χ2n) is 4.00. The van der Waals surface area contributed by atoms with Gasteiger partial charge < -0.3 is 15.6 Å². The molecule has 0 saturated heterocycles. The molecule has 0 fully saturated rings. The Labute approximate surface area is 128 Å². The SMILES string of the molecule is NCC(=O)Nc1ccc([S+]([O-])c2ccc(Br)cc2)cc1. The molecule has 0 bridgehead atoms. The fourth-order valence-corrected chi connectivity index (χ4v) is 2.87. The number of amides is 1. The highest BCUT2D eigenvalue weighted by Crippen LogP contribution is 2.23. The van der Waals surface area contributed by atoms with Crippen LogP contribution in [-0.2, 0) is 16.0 Å². The van der Waals surface area contributed by atoms with Gasteiger partial charge in [-0.25, -0.2) is 0 Å². The van der Waals surface area contributed by atoms with Crippen LogP contribution in [0.25, 0.3) is 0 Å². The van der Waals surface area contributed by atoms with E-state index in [1.165, 1.54) is 0 Å². The van der Waals surface area contributed by atoms with Crippen molar-refractivity contribution in [2.75, 3.05) is 11.9 Å². The number of hydrogen-bond acceptors (Lipinski definition) is 3. The molecule has 104 valence electrons. The molecule has 1 amide bonds. The first-order valence-corrected chi connectivity index (χ1v) is 7.82. The van der Waals surface area contributed by atoms with Gasteiger partial charge in [-0.05, 0) is 48.5 Å². The number of carbonyl (C=O) groups excluding carboxylic acids is 1. The molecule has 0 saturated carbocycles. The number of anilines is 1. The van der Waals surface area contributed by atoms with Gasteiger partial charge in [0.25, 0.3) is 0 Å². The van der Waals surface area contributed by atoms with Crippen molar-refractivity contribution in [2.45, 2.75) is 9.79 Å². The molecule has 0 aliphatic heterocycles. The van der Waals surface area contributed by atoms with Gasteiger partial charge in [-0.1, -0.05) is 15.9 Å². The standard InChI is InChI=1S/C14H13BrN2O2S/c15-10-1-5-12(6-2-10)20(19)13-7-3-11(4-8-13)17-14(18)9-16/h1-8H,9,16H2,(H,17,18). The quantitative estimate of drug-likeness (QED) is 0.829. The van der Waals surface area contributed by atoms with Gasteiger partial charge in [0.15, 0.2) is 9.79 Å². The lowest BCUT2D eigenvalue weighted by Crippen LogP contribution is -2.21. The average Bonchev–Trinajstić information content (AvgIpc) is 2.48. The van der Waals surface area contributed by atoms with Crippen LogP contribution in [-0.4, -0.2) is 17.0 Å². The molecule has 0 radical (unpaired) electrons. The summed E-state index contributed by atoms with van der Waals surface area (Å²) < 4.78 is 13.3. The molecule has 0 aliphatic rings. The second-order valence-corrected chi connectivity index (χ2v) is 6.40. The van der Waals surface area contributed by atoms with E-state index in [0.29, 0.717) is 10.6 Å². The molecule has 6 heteroatoms. The minimum atomic E-state index is -1.24. The maximum Gasteiger partial charge on any atom is 0.238 e. The minimum Gasteiger partial charge on any atom is -0.606 e. The van der Waals surface area contributed by atoms with Gasteiger partial charge in [0, 0.05) is 21.3 Å². The van der Waals surface area contributed by atoms with Gasteiger partial charge in [0.1, 0.15) is 0 Å². The van der Waals surface area contributed by atoms with Gasteiger partial charge in [0.2, 0.25) is 5.91 Å². The van der Waals surface area contributed by atoms with Crippen LogP contribution in [0.5, 0.6) is 0 Å². The maximum absolute atomic E-state index is 12.3. The van der Waals surface area contributed by atoms with Crippen LogP contribution >= 0.6 is 15.9 Å². The first-order valence-electron chi connectivity index (χ1n) is 5.87. The smallest absolute Gasteiger partial charge is 0.238 e. The summed E-state index contributed by atoms with van der Waals surface area (Å²) in [7, 11) is 0. The van der Waals surface area contributed by atoms with Crippen LogP contribution < -0.4 is 11.1 Å². The number of rotatable bonds is 4. The van der Waals surface area contributed by atoms with Crippen LogP contribution in [0.2, 0.25) is 0 Å². The van der Waals surface area contributed by atoms with E-state index < -0.39 is 11.2 Å². The molecule has 0 heterocycles. The number of benzene rings is 2. The molecule has 2 aromatic carbocycles. The van der Waals surface area contributed by atoms with Crippen molar-refractivity contribution in [2.24, 2.45) is 5.73 Å². The Hall–Kier alpha value is -1.34. The lowest BCUT2D eigenvalue weighted by Gasteiger charge is -2.10. The van der Waals surface area contributed by atoms with Gasteiger partial charge in [-0.3, -0.25) is 4.79 Å². The van der Waals surface area contributed by atoms with Crippen molar-refractivity contribution in [3.05, 3.63) is 53.0 Å². The Morgan fingerprint density at radius 1 is 1.10 bits per heavy atom. The summed E-state index contributed by atoms with van der Waals surface area (Å²) in [5.74, 6) is -0.258. The fraction of sp³-hybridized carbons (Fsp3) is 0.0714. The highest BCUT2D eigenvalue weighted by Gasteiger charge is 2.14. The van der Waals surface area contributed by atoms with E-state index in [1.54, 1.807) is 24.3 Å². The number of nitrogens with one attached hydrogen (secondary N) is 1. The molecular formula is C14H13BrN2O2S. The third-order valence-corrected chi connectivity index (χ3v) is 4.49. The topological polar surface area (TPSA) is 78.2 Å². The summed E-state index contributed by atoms with van der Waals surface area (Å²) in [6.45, 7) is -0.0629. The van der Waals surface area contributed by atoms with Crippen LogP contribution in [0.15, 0.2) is 62.8 Å². The Bertz CT molecular complexity index is 587. The molecule has 1 unspecified atom stereocenters. The van der Waals surface area contributed by atoms with E-state index in [2.05, 4.69) is 21.2 Å². The van der Waals surface area contributed by atoms with E-state index in [0.717, 1.165) is 9.37 Å². The molecule has 3 N–H and O–H groups in total. The fourth-order valence-electron chi connectivity index (χ4n) is 1.57. The summed E-state index contributed by atoms with van der Waals surface area (Å²) in [6.07, 6.45) is 0. The van der Waals surface area contributed by atoms with Crippen molar-refractivity contribution in [1.82, 2.24) is 0 Å². The van der Waals surface area contributed by atoms with Crippen LogP contribution in [0, 0.1) is 0 Å². The van der Waals surface area contributed by atoms with Gasteiger partial charge >= 0.3 is 0 Å². The molecule has 4 nitrogen and oxygen atoms in total. The van der Waals surface area contributed by atoms with E-state index in [4.69, 9.17) is 5.73 Å². The van der Waals surface area contributed by atoms with E-state index in [9.17, 15) is 9.35 Å². The van der Waals surface area contributed by atoms with Crippen molar-refractivity contribution >= 4 is 38.7 Å². The molecule has 2 aromatic rings. The summed E-state index contributed by atoms with van der Waals surface area (Å²) in [5.41, 5.74) is 5.86. The number of hydrogen-bond donors (Lipinski definition) is 2. The largest absolute Gasteiger partial charge is 0.606 e. The van der Waals surface area contributed by atoms with Gasteiger partial charge in [-0.15, -0.1) is 0 Å². The van der Waals surface area contributed by atoms with Crippen molar-refractivity contribution in [3.63, 3.8) is 0 Å². The lowest BCUT2D eigenvalue weighted by molar-refractivity contribution is -0.114. The van der Waals surface area contributed by atoms with Crippen molar-refractivity contribution in [1.29, 1.82) is 0 Å². The molecule has 2 rings (SSSR count). The zero-order chi connectivity index (χ0) is 14.5. The molecule has 20 heavy (non-hydrogen) atoms. The predicted molar refractivity (Wildman–Crippen MR) is 82.9 cm³/mol.